The number of benzene rings is 1. The average molecular weight is 510 g/mol. The van der Waals surface area contributed by atoms with Gasteiger partial charge in [0.05, 0.1) is 22.9 Å². The maximum Gasteiger partial charge on any atom is 0.408 e. The molecule has 4 rings (SSSR count). The number of carbonyl (C=O) groups is 1. The molecule has 3 aromatic rings. The van der Waals surface area contributed by atoms with Gasteiger partial charge in [-0.2, -0.15) is 13.2 Å². The quantitative estimate of drug-likeness (QED) is 0.504. The number of halogens is 3. The molecule has 2 heterocycles. The Bertz CT molecular complexity index is 1330. The van der Waals surface area contributed by atoms with Crippen LogP contribution in [-0.4, -0.2) is 48.1 Å². The van der Waals surface area contributed by atoms with Crippen LogP contribution in [0.25, 0.3) is 20.7 Å². The molecule has 1 aliphatic carbocycles. The van der Waals surface area contributed by atoms with E-state index < -0.39 is 41.1 Å². The molecule has 0 radical (unpaired) electrons. The third-order valence-corrected chi connectivity index (χ3v) is 7.30. The Morgan fingerprint density at radius 1 is 1.20 bits per heavy atom. The first kappa shape index (κ1) is 25.2. The van der Waals surface area contributed by atoms with Crippen molar-refractivity contribution in [3.63, 3.8) is 0 Å². The third-order valence-electron chi connectivity index (χ3n) is 6.21. The van der Waals surface area contributed by atoms with Crippen molar-refractivity contribution in [3.8, 4) is 10.4 Å². The molecule has 35 heavy (non-hydrogen) atoms. The van der Waals surface area contributed by atoms with E-state index in [0.717, 1.165) is 17.5 Å². The van der Waals surface area contributed by atoms with Crippen LogP contribution in [0.1, 0.15) is 46.1 Å². The summed E-state index contributed by atoms with van der Waals surface area (Å²) in [6.45, 7) is 5.69. The minimum absolute atomic E-state index is 0.108. The Labute approximate surface area is 203 Å². The van der Waals surface area contributed by atoms with E-state index in [9.17, 15) is 33.0 Å². The molecule has 1 saturated carbocycles. The van der Waals surface area contributed by atoms with Crippen LogP contribution in [0, 0.1) is 0 Å². The van der Waals surface area contributed by atoms with E-state index in [2.05, 4.69) is 4.98 Å². The number of hydrogen-bond acceptors (Lipinski definition) is 5. The van der Waals surface area contributed by atoms with E-state index in [1.807, 2.05) is 0 Å². The summed E-state index contributed by atoms with van der Waals surface area (Å²) in [7, 11) is 0. The highest BCUT2D eigenvalue weighted by Crippen LogP contribution is 2.54. The van der Waals surface area contributed by atoms with Crippen molar-refractivity contribution in [2.45, 2.75) is 69.9 Å². The molecule has 1 aliphatic rings. The second-order valence-corrected chi connectivity index (χ2v) is 11.4. The molecule has 0 saturated heterocycles. The number of alkyl halides is 3. The lowest BCUT2D eigenvalue weighted by molar-refractivity contribution is -0.152. The Morgan fingerprint density at radius 3 is 2.29 bits per heavy atom. The molecule has 2 aromatic heterocycles. The summed E-state index contributed by atoms with van der Waals surface area (Å²) in [5.41, 5.74) is -1.92. The summed E-state index contributed by atoms with van der Waals surface area (Å²) < 4.78 is 38.8. The van der Waals surface area contributed by atoms with Gasteiger partial charge < -0.3 is 10.2 Å². The maximum absolute atomic E-state index is 12.7. The highest BCUT2D eigenvalue weighted by Gasteiger charge is 2.59. The van der Waals surface area contributed by atoms with Crippen LogP contribution in [0.2, 0.25) is 0 Å². The molecule has 1 aromatic carbocycles. The first-order chi connectivity index (χ1) is 16.0. The number of nitrogens with zero attached hydrogens (tertiary/aromatic N) is 3. The van der Waals surface area contributed by atoms with E-state index in [-0.39, 0.29) is 18.2 Å². The van der Waals surface area contributed by atoms with Gasteiger partial charge in [0.25, 0.3) is 5.56 Å². The Kier molecular flexibility index (Phi) is 5.80. The van der Waals surface area contributed by atoms with Gasteiger partial charge in [0.2, 0.25) is 0 Å². The van der Waals surface area contributed by atoms with Crippen molar-refractivity contribution in [1.29, 1.82) is 0 Å². The third kappa shape index (κ3) is 4.66. The summed E-state index contributed by atoms with van der Waals surface area (Å²) in [5.74, 6) is 0. The fourth-order valence-corrected chi connectivity index (χ4v) is 6.16. The Balaban J connectivity index is 1.72. The normalized spacial score (nSPS) is 22.7. The number of amides is 1. The lowest BCUT2D eigenvalue weighted by Crippen LogP contribution is -2.67. The van der Waals surface area contributed by atoms with Crippen LogP contribution in [0.4, 0.5) is 18.0 Å². The van der Waals surface area contributed by atoms with Crippen LogP contribution in [0.15, 0.2) is 41.5 Å². The molecule has 0 spiro atoms. The molecule has 0 unspecified atom stereocenters. The van der Waals surface area contributed by atoms with Crippen molar-refractivity contribution in [2.24, 2.45) is 0 Å². The SMILES string of the molecule is CC1(O)CC(c2ccc(-c3cc4c(=O)n(CC(F)(F)F)cnc4s3)cc2)(N(C(=O)O)C(C)(C)C)C1. The molecule has 0 bridgehead atoms. The predicted molar refractivity (Wildman–Crippen MR) is 127 cm³/mol. The number of carboxylic acid groups (broad SMARTS) is 1. The fraction of sp³-hybridized carbons (Fsp3) is 0.458. The highest BCUT2D eigenvalue weighted by atomic mass is 32.1. The highest BCUT2D eigenvalue weighted by molar-refractivity contribution is 7.21. The van der Waals surface area contributed by atoms with Gasteiger partial charge in [-0.1, -0.05) is 24.3 Å². The molecular formula is C24H26F3N3O4S. The number of fused-ring (bicyclic) bond motifs is 1. The zero-order valence-corrected chi connectivity index (χ0v) is 20.5. The number of rotatable bonds is 4. The van der Waals surface area contributed by atoms with E-state index in [4.69, 9.17) is 0 Å². The lowest BCUT2D eigenvalue weighted by atomic mass is 9.60. The Hall–Kier alpha value is -2.92. The molecular weight excluding hydrogens is 483 g/mol. The topological polar surface area (TPSA) is 95.7 Å². The van der Waals surface area contributed by atoms with Crippen LogP contribution in [0.5, 0.6) is 0 Å². The molecule has 188 valence electrons. The smallest absolute Gasteiger partial charge is 0.408 e. The Morgan fingerprint density at radius 2 is 1.80 bits per heavy atom. The van der Waals surface area contributed by atoms with Gasteiger partial charge in [0.1, 0.15) is 11.4 Å². The minimum Gasteiger partial charge on any atom is -0.465 e. The first-order valence-corrected chi connectivity index (χ1v) is 11.8. The van der Waals surface area contributed by atoms with Gasteiger partial charge in [-0.3, -0.25) is 14.3 Å². The van der Waals surface area contributed by atoms with Crippen LogP contribution in [0.3, 0.4) is 0 Å². The molecule has 7 nitrogen and oxygen atoms in total. The van der Waals surface area contributed by atoms with Gasteiger partial charge in [-0.15, -0.1) is 11.3 Å². The van der Waals surface area contributed by atoms with Crippen molar-refractivity contribution >= 4 is 27.6 Å². The van der Waals surface area contributed by atoms with Gasteiger partial charge in [-0.05, 0) is 44.9 Å². The van der Waals surface area contributed by atoms with E-state index >= 15 is 0 Å². The fourth-order valence-electron chi connectivity index (χ4n) is 5.16. The number of aromatic nitrogens is 2. The van der Waals surface area contributed by atoms with Gasteiger partial charge in [-0.25, -0.2) is 9.78 Å². The van der Waals surface area contributed by atoms with Crippen molar-refractivity contribution < 1.29 is 28.2 Å². The van der Waals surface area contributed by atoms with Crippen LogP contribution >= 0.6 is 11.3 Å². The summed E-state index contributed by atoms with van der Waals surface area (Å²) in [4.78, 5) is 31.2. The summed E-state index contributed by atoms with van der Waals surface area (Å²) in [5, 5.41) is 20.6. The van der Waals surface area contributed by atoms with Gasteiger partial charge in [0.15, 0.2) is 0 Å². The summed E-state index contributed by atoms with van der Waals surface area (Å²) in [6.07, 6.45) is -4.22. The average Bonchev–Trinajstić information content (AvgIpc) is 3.11. The molecule has 0 atom stereocenters. The van der Waals surface area contributed by atoms with Crippen molar-refractivity contribution in [3.05, 3.63) is 52.6 Å². The molecule has 0 aliphatic heterocycles. The summed E-state index contributed by atoms with van der Waals surface area (Å²) in [6, 6.07) is 8.69. The maximum atomic E-state index is 12.7. The van der Waals surface area contributed by atoms with Gasteiger partial charge >= 0.3 is 12.3 Å². The second-order valence-electron chi connectivity index (χ2n) is 10.4. The zero-order chi connectivity index (χ0) is 26.0. The first-order valence-electron chi connectivity index (χ1n) is 10.9. The van der Waals surface area contributed by atoms with Crippen molar-refractivity contribution in [2.75, 3.05) is 0 Å². The predicted octanol–water partition coefficient (Wildman–Crippen LogP) is 5.21. The molecule has 11 heteroatoms. The standard InChI is InChI=1S/C24H26F3N3O4S/c1-21(2,3)30(20(32)33)23(10-22(4,34)11-23)15-7-5-14(6-8-15)17-9-16-18(35-17)28-13-29(19(16)31)12-24(25,26)27/h5-9,13,34H,10-12H2,1-4H3,(H,32,33). The van der Waals surface area contributed by atoms with Crippen molar-refractivity contribution in [1.82, 2.24) is 14.5 Å². The lowest BCUT2D eigenvalue weighted by Gasteiger charge is -2.60. The monoisotopic (exact) mass is 509 g/mol. The van der Waals surface area contributed by atoms with E-state index in [1.165, 1.54) is 22.3 Å². The number of aliphatic hydroxyl groups is 1. The second kappa shape index (κ2) is 8.06. The zero-order valence-electron chi connectivity index (χ0n) is 19.7. The van der Waals surface area contributed by atoms with Crippen LogP contribution in [-0.2, 0) is 12.1 Å². The summed E-state index contributed by atoms with van der Waals surface area (Å²) >= 11 is 1.19. The number of hydrogen-bond donors (Lipinski definition) is 2. The molecule has 1 fully saturated rings. The largest absolute Gasteiger partial charge is 0.465 e. The van der Waals surface area contributed by atoms with E-state index in [0.29, 0.717) is 14.3 Å². The number of thiophene rings is 1. The molecule has 2 N–H and O–H groups in total. The van der Waals surface area contributed by atoms with E-state index in [1.54, 1.807) is 52.0 Å². The molecule has 1 amide bonds. The van der Waals surface area contributed by atoms with Gasteiger partial charge in [0, 0.05) is 23.3 Å². The minimum atomic E-state index is -4.53. The van der Waals surface area contributed by atoms with Crippen LogP contribution < -0.4 is 5.56 Å².